The summed E-state index contributed by atoms with van der Waals surface area (Å²) < 4.78 is 15.6. The quantitative estimate of drug-likeness (QED) is 0.180. The molecule has 0 aliphatic carbocycles. The van der Waals surface area contributed by atoms with Crippen molar-refractivity contribution in [3.05, 3.63) is 24.3 Å². The lowest BCUT2D eigenvalue weighted by molar-refractivity contribution is -0.139. The minimum atomic E-state index is -0.714. The van der Waals surface area contributed by atoms with Gasteiger partial charge in [-0.3, -0.25) is 4.79 Å². The molecule has 0 fully saturated rings. The zero-order valence-corrected chi connectivity index (χ0v) is 16.3. The van der Waals surface area contributed by atoms with Gasteiger partial charge in [0.25, 0.3) is 0 Å². The Hall–Kier alpha value is -1.98. The number of unbranched alkanes of at least 4 members (excludes halogenated alkanes) is 2. The van der Waals surface area contributed by atoms with Gasteiger partial charge in [-0.2, -0.15) is 0 Å². The van der Waals surface area contributed by atoms with Gasteiger partial charge in [0.15, 0.2) is 0 Å². The molecule has 0 aliphatic heterocycles. The van der Waals surface area contributed by atoms with Gasteiger partial charge in [-0.05, 0) is 43.5 Å². The maximum atomic E-state index is 12.3. The lowest BCUT2D eigenvalue weighted by Gasteiger charge is -2.14. The van der Waals surface area contributed by atoms with Crippen molar-refractivity contribution in [3.63, 3.8) is 0 Å². The van der Waals surface area contributed by atoms with Gasteiger partial charge in [-0.25, -0.2) is 4.79 Å². The fraction of sp³-hybridized carbons (Fsp3) is 0.600. The summed E-state index contributed by atoms with van der Waals surface area (Å²) in [6.07, 6.45) is 6.93. The molecule has 1 aromatic carbocycles. The highest BCUT2D eigenvalue weighted by molar-refractivity contribution is 6.08. The molecule has 0 heterocycles. The number of hydrogen-bond acceptors (Lipinski definition) is 5. The summed E-state index contributed by atoms with van der Waals surface area (Å²) in [7, 11) is 2.11. The second-order valence-electron chi connectivity index (χ2n) is 6.43. The molecule has 1 rings (SSSR count). The van der Waals surface area contributed by atoms with Gasteiger partial charge in [0.05, 0.1) is 12.5 Å². The maximum Gasteiger partial charge on any atom is 0.513 e. The van der Waals surface area contributed by atoms with E-state index in [1.54, 1.807) is 24.3 Å². The zero-order valence-electron chi connectivity index (χ0n) is 16.3. The fourth-order valence-electron chi connectivity index (χ4n) is 2.59. The molecule has 26 heavy (non-hydrogen) atoms. The lowest BCUT2D eigenvalue weighted by atomic mass is 9.92. The Labute approximate surface area is 157 Å². The van der Waals surface area contributed by atoms with Gasteiger partial charge < -0.3 is 14.2 Å². The summed E-state index contributed by atoms with van der Waals surface area (Å²) in [6.45, 7) is 4.51. The van der Waals surface area contributed by atoms with Crippen LogP contribution in [-0.4, -0.2) is 26.6 Å². The smallest absolute Gasteiger partial charge is 0.434 e. The number of rotatable bonds is 12. The van der Waals surface area contributed by atoms with Crippen LogP contribution >= 0.6 is 0 Å². The molecule has 0 saturated carbocycles. The van der Waals surface area contributed by atoms with E-state index >= 15 is 0 Å². The van der Waals surface area contributed by atoms with Crippen LogP contribution in [0, 0.1) is 5.92 Å². The molecule has 0 aromatic heterocycles. The third kappa shape index (κ3) is 8.93. The van der Waals surface area contributed by atoms with E-state index in [-0.39, 0.29) is 11.9 Å². The van der Waals surface area contributed by atoms with E-state index in [1.807, 2.05) is 0 Å². The Morgan fingerprint density at radius 3 is 2.15 bits per heavy atom. The molecule has 1 aromatic rings. The number of esters is 1. The monoisotopic (exact) mass is 362 g/mol. The summed E-state index contributed by atoms with van der Waals surface area (Å²) in [4.78, 5) is 23.9. The number of carbonyl (C=O) groups is 2. The molecule has 0 amide bonds. The second-order valence-corrected chi connectivity index (χ2v) is 6.43. The molecule has 0 saturated heterocycles. The summed E-state index contributed by atoms with van der Waals surface area (Å²) in [6, 6.07) is 6.44. The normalized spacial score (nSPS) is 11.6. The molecule has 6 heteroatoms. The van der Waals surface area contributed by atoms with Crippen molar-refractivity contribution in [1.29, 1.82) is 0 Å². The van der Waals surface area contributed by atoms with E-state index in [1.165, 1.54) is 0 Å². The highest BCUT2D eigenvalue weighted by atomic mass is 16.7. The molecular weight excluding hydrogens is 331 g/mol. The number of benzene rings is 1. The van der Waals surface area contributed by atoms with E-state index in [0.717, 1.165) is 51.3 Å². The van der Waals surface area contributed by atoms with Gasteiger partial charge >= 0.3 is 12.1 Å². The van der Waals surface area contributed by atoms with Crippen LogP contribution in [0.15, 0.2) is 24.3 Å². The molecule has 1 unspecified atom stereocenters. The van der Waals surface area contributed by atoms with Gasteiger partial charge in [0, 0.05) is 0 Å². The van der Waals surface area contributed by atoms with Crippen LogP contribution < -0.4 is 9.47 Å². The first-order valence-electron chi connectivity index (χ1n) is 9.77. The minimum Gasteiger partial charge on any atom is -0.434 e. The average Bonchev–Trinajstić information content (AvgIpc) is 2.64. The maximum absolute atomic E-state index is 12.3. The van der Waals surface area contributed by atoms with Crippen LogP contribution in [0.2, 0.25) is 6.32 Å². The zero-order chi connectivity index (χ0) is 19.2. The Bertz CT molecular complexity index is 530. The van der Waals surface area contributed by atoms with E-state index in [9.17, 15) is 9.59 Å². The van der Waals surface area contributed by atoms with Crippen LogP contribution in [0.5, 0.6) is 11.5 Å². The van der Waals surface area contributed by atoms with Crippen molar-refractivity contribution < 1.29 is 23.8 Å². The molecule has 0 bridgehead atoms. The van der Waals surface area contributed by atoms with Crippen LogP contribution in [-0.2, 0) is 9.53 Å². The lowest BCUT2D eigenvalue weighted by Crippen LogP contribution is -2.20. The molecule has 1 atom stereocenters. The summed E-state index contributed by atoms with van der Waals surface area (Å²) in [5.74, 6) is 0.566. The van der Waals surface area contributed by atoms with E-state index in [4.69, 9.17) is 14.2 Å². The number of ether oxygens (including phenoxy) is 3. The first-order valence-corrected chi connectivity index (χ1v) is 9.77. The van der Waals surface area contributed by atoms with Crippen LogP contribution in [0.25, 0.3) is 0 Å². The van der Waals surface area contributed by atoms with Gasteiger partial charge in [-0.15, -0.1) is 0 Å². The standard InChI is InChI=1S/C20H31BO5/c1-3-5-6-15-24-20(23)26-18-12-10-17(11-13-18)25-19(22)16(8-4-2)9-7-14-21/h10-13,16H,3-9,14-15,21H2,1-2H3. The van der Waals surface area contributed by atoms with E-state index in [2.05, 4.69) is 21.7 Å². The van der Waals surface area contributed by atoms with Crippen molar-refractivity contribution in [2.24, 2.45) is 5.92 Å². The Balaban J connectivity index is 2.47. The third-order valence-electron chi connectivity index (χ3n) is 4.09. The first kappa shape index (κ1) is 22.1. The topological polar surface area (TPSA) is 61.8 Å². The SMILES string of the molecule is BCCCC(CCC)C(=O)Oc1ccc(OC(=O)OCCCCC)cc1. The number of carbonyl (C=O) groups excluding carboxylic acids is 2. The fourth-order valence-corrected chi connectivity index (χ4v) is 2.59. The van der Waals surface area contributed by atoms with Crippen molar-refractivity contribution in [2.45, 2.75) is 65.1 Å². The summed E-state index contributed by atoms with van der Waals surface area (Å²) in [5, 5.41) is 0. The summed E-state index contributed by atoms with van der Waals surface area (Å²) in [5.41, 5.74) is 0. The molecule has 0 radical (unpaired) electrons. The molecular formula is C20H31BO5. The van der Waals surface area contributed by atoms with Gasteiger partial charge in [-0.1, -0.05) is 45.9 Å². The highest BCUT2D eigenvalue weighted by Crippen LogP contribution is 2.22. The van der Waals surface area contributed by atoms with E-state index in [0.29, 0.717) is 18.1 Å². The molecule has 144 valence electrons. The molecule has 0 aliphatic rings. The van der Waals surface area contributed by atoms with E-state index < -0.39 is 6.16 Å². The predicted molar refractivity (Wildman–Crippen MR) is 105 cm³/mol. The molecule has 5 nitrogen and oxygen atoms in total. The van der Waals surface area contributed by atoms with Crippen molar-refractivity contribution in [3.8, 4) is 11.5 Å². The largest absolute Gasteiger partial charge is 0.513 e. The first-order chi connectivity index (χ1) is 12.6. The van der Waals surface area contributed by atoms with Crippen molar-refractivity contribution in [1.82, 2.24) is 0 Å². The van der Waals surface area contributed by atoms with Crippen LogP contribution in [0.4, 0.5) is 4.79 Å². The third-order valence-corrected chi connectivity index (χ3v) is 4.09. The Morgan fingerprint density at radius 2 is 1.58 bits per heavy atom. The Morgan fingerprint density at radius 1 is 0.923 bits per heavy atom. The summed E-state index contributed by atoms with van der Waals surface area (Å²) >= 11 is 0. The minimum absolute atomic E-state index is 0.0611. The molecule has 0 spiro atoms. The van der Waals surface area contributed by atoms with Gasteiger partial charge in [0.1, 0.15) is 19.3 Å². The number of hydrogen-bond donors (Lipinski definition) is 0. The Kier molecular flexibility index (Phi) is 11.3. The molecule has 0 N–H and O–H groups in total. The van der Waals surface area contributed by atoms with Crippen LogP contribution in [0.1, 0.15) is 58.8 Å². The average molecular weight is 362 g/mol. The van der Waals surface area contributed by atoms with Crippen molar-refractivity contribution in [2.75, 3.05) is 6.61 Å². The highest BCUT2D eigenvalue weighted by Gasteiger charge is 2.19. The van der Waals surface area contributed by atoms with Crippen molar-refractivity contribution >= 4 is 20.0 Å². The van der Waals surface area contributed by atoms with Gasteiger partial charge in [0.2, 0.25) is 0 Å². The second kappa shape index (κ2) is 13.3. The predicted octanol–water partition coefficient (Wildman–Crippen LogP) is 4.55. The van der Waals surface area contributed by atoms with Crippen LogP contribution in [0.3, 0.4) is 0 Å².